The Morgan fingerprint density at radius 1 is 1.33 bits per heavy atom. The van der Waals surface area contributed by atoms with Crippen molar-refractivity contribution in [3.8, 4) is 0 Å². The van der Waals surface area contributed by atoms with Gasteiger partial charge in [0, 0.05) is 13.1 Å². The van der Waals surface area contributed by atoms with Gasteiger partial charge >= 0.3 is 0 Å². The molecule has 1 aliphatic rings. The largest absolute Gasteiger partial charge is 0.378 e. The second kappa shape index (κ2) is 3.35. The summed E-state index contributed by atoms with van der Waals surface area (Å²) in [6, 6.07) is 0. The quantitative estimate of drug-likeness (QED) is 0.620. The highest BCUT2D eigenvalue weighted by Crippen LogP contribution is 2.05. The first-order valence-electron chi connectivity index (χ1n) is 3.70. The molecule has 0 bridgehead atoms. The predicted molar refractivity (Wildman–Crippen MR) is 38.1 cm³/mol. The van der Waals surface area contributed by atoms with E-state index in [0.29, 0.717) is 19.2 Å². The topological polar surface area (TPSA) is 83.2 Å². The molecule has 1 saturated heterocycles. The van der Waals surface area contributed by atoms with Crippen molar-refractivity contribution in [2.75, 3.05) is 31.2 Å². The van der Waals surface area contributed by atoms with Gasteiger partial charge in [-0.1, -0.05) is 0 Å². The zero-order valence-corrected chi connectivity index (χ0v) is 6.45. The molecule has 0 radical (unpaired) electrons. The highest BCUT2D eigenvalue weighted by atomic mass is 16.8. The summed E-state index contributed by atoms with van der Waals surface area (Å²) in [6.07, 6.45) is 0. The summed E-state index contributed by atoms with van der Waals surface area (Å²) in [6.45, 7) is 2.99. The third-order valence-corrected chi connectivity index (χ3v) is 1.66. The zero-order chi connectivity index (χ0) is 8.23. The molecule has 7 heteroatoms. The van der Waals surface area contributed by atoms with E-state index in [0.717, 1.165) is 13.1 Å². The van der Waals surface area contributed by atoms with Gasteiger partial charge in [0.1, 0.15) is 0 Å². The summed E-state index contributed by atoms with van der Waals surface area (Å²) >= 11 is 0. The molecule has 0 spiro atoms. The minimum atomic E-state index is 0.567. The molecule has 0 unspecified atom stereocenters. The van der Waals surface area contributed by atoms with Gasteiger partial charge in [0.05, 0.1) is 13.2 Å². The van der Waals surface area contributed by atoms with Crippen LogP contribution in [0.1, 0.15) is 0 Å². The second-order valence-electron chi connectivity index (χ2n) is 2.39. The van der Waals surface area contributed by atoms with Crippen molar-refractivity contribution >= 4 is 5.95 Å². The fourth-order valence-corrected chi connectivity index (χ4v) is 1.06. The number of nitrogens with zero attached hydrogens (tertiary/aromatic N) is 2. The average Bonchev–Trinajstić information content (AvgIpc) is 2.21. The molecule has 2 heterocycles. The lowest BCUT2D eigenvalue weighted by Crippen LogP contribution is -2.37. The molecule has 1 aliphatic heterocycles. The highest BCUT2D eigenvalue weighted by molar-refractivity contribution is 5.24. The number of H-pyrrole nitrogens is 2. The molecule has 0 amide bonds. The number of nitrogens with one attached hydrogen (secondary N) is 2. The van der Waals surface area contributed by atoms with Crippen LogP contribution in [0.25, 0.3) is 0 Å². The summed E-state index contributed by atoms with van der Waals surface area (Å²) in [5.41, 5.74) is 0. The zero-order valence-electron chi connectivity index (χ0n) is 6.45. The van der Waals surface area contributed by atoms with Gasteiger partial charge in [-0.05, 0) is 10.5 Å². The van der Waals surface area contributed by atoms with Crippen LogP contribution in [-0.4, -0.2) is 41.9 Å². The maximum absolute atomic E-state index is 5.17. The van der Waals surface area contributed by atoms with Crippen LogP contribution in [-0.2, 0) is 4.74 Å². The lowest BCUT2D eigenvalue weighted by molar-refractivity contribution is 0.0678. The van der Waals surface area contributed by atoms with Crippen LogP contribution in [0.4, 0.5) is 5.95 Å². The van der Waals surface area contributed by atoms with Crippen LogP contribution in [0.3, 0.4) is 0 Å². The van der Waals surface area contributed by atoms with Gasteiger partial charge in [-0.3, -0.25) is 4.63 Å². The number of aromatic amines is 2. The van der Waals surface area contributed by atoms with Crippen molar-refractivity contribution in [1.29, 1.82) is 0 Å². The Hall–Kier alpha value is -1.37. The smallest absolute Gasteiger partial charge is 0.274 e. The number of anilines is 1. The first-order valence-corrected chi connectivity index (χ1v) is 3.70. The molecule has 1 fully saturated rings. The first kappa shape index (κ1) is 7.29. The Morgan fingerprint density at radius 2 is 2.17 bits per heavy atom. The van der Waals surface area contributed by atoms with Crippen LogP contribution in [0.5, 0.6) is 0 Å². The van der Waals surface area contributed by atoms with Crippen molar-refractivity contribution in [1.82, 2.24) is 15.6 Å². The van der Waals surface area contributed by atoms with Crippen molar-refractivity contribution in [2.45, 2.75) is 0 Å². The molecule has 0 saturated carbocycles. The average molecular weight is 174 g/mol. The first-order chi connectivity index (χ1) is 5.97. The van der Waals surface area contributed by atoms with Gasteiger partial charge in [-0.15, -0.1) is 0 Å². The molecule has 68 valence electrons. The maximum atomic E-state index is 5.17. The third kappa shape index (κ3) is 1.45. The van der Waals surface area contributed by atoms with E-state index in [1.165, 1.54) is 0 Å². The number of hydrogen-bond acceptors (Lipinski definition) is 5. The van der Waals surface area contributed by atoms with Crippen molar-refractivity contribution in [2.24, 2.45) is 0 Å². The predicted octanol–water partition coefficient (Wildman–Crippen LogP) is -0.115. The second-order valence-corrected chi connectivity index (χ2v) is 2.39. The Kier molecular flexibility index (Phi) is 2.04. The lowest BCUT2D eigenvalue weighted by Gasteiger charge is -2.25. The van der Waals surface area contributed by atoms with E-state index >= 15 is 0 Å². The van der Waals surface area contributed by atoms with Crippen molar-refractivity contribution < 1.29 is 14.0 Å². The Balaban J connectivity index is 2.08. The maximum Gasteiger partial charge on any atom is 0.274 e. The van der Waals surface area contributed by atoms with E-state index in [2.05, 4.69) is 24.9 Å². The van der Waals surface area contributed by atoms with Gasteiger partial charge in [0.15, 0.2) is 0 Å². The molecule has 2 rings (SSSR count). The summed E-state index contributed by atoms with van der Waals surface area (Å²) in [4.78, 5) is 1.98. The van der Waals surface area contributed by atoms with E-state index in [9.17, 15) is 0 Å². The van der Waals surface area contributed by atoms with Gasteiger partial charge in [0.25, 0.3) is 5.95 Å². The summed E-state index contributed by atoms with van der Waals surface area (Å²) in [5, 5.41) is 8.36. The lowest BCUT2D eigenvalue weighted by atomic mass is 10.4. The SMILES string of the molecule is C1CN(c2no[nH]o[nH]2)CCO1. The van der Waals surface area contributed by atoms with Crippen LogP contribution in [0, 0.1) is 0 Å². The molecule has 0 atom stereocenters. The Bertz CT molecular complexity index is 238. The van der Waals surface area contributed by atoms with Gasteiger partial charge in [-0.25, -0.2) is 4.63 Å². The van der Waals surface area contributed by atoms with Gasteiger partial charge < -0.3 is 9.64 Å². The summed E-state index contributed by atoms with van der Waals surface area (Å²) < 4.78 is 14.3. The number of morpholine rings is 1. The van der Waals surface area contributed by atoms with E-state index in [1.807, 2.05) is 4.90 Å². The number of rotatable bonds is 1. The fraction of sp³-hybridized carbons (Fsp3) is 0.800. The highest BCUT2D eigenvalue weighted by Gasteiger charge is 2.13. The van der Waals surface area contributed by atoms with E-state index in [-0.39, 0.29) is 0 Å². The minimum absolute atomic E-state index is 0.567. The monoisotopic (exact) mass is 174 g/mol. The van der Waals surface area contributed by atoms with Gasteiger partial charge in [-0.2, -0.15) is 5.16 Å². The molecule has 7 nitrogen and oxygen atoms in total. The van der Waals surface area contributed by atoms with Crippen molar-refractivity contribution in [3.63, 3.8) is 0 Å². The third-order valence-electron chi connectivity index (χ3n) is 1.66. The Morgan fingerprint density at radius 3 is 2.83 bits per heavy atom. The molecule has 0 aromatic carbocycles. The number of aromatic nitrogens is 3. The molecule has 1 aromatic rings. The van der Waals surface area contributed by atoms with Crippen LogP contribution in [0.2, 0.25) is 0 Å². The van der Waals surface area contributed by atoms with E-state index < -0.39 is 0 Å². The normalized spacial score (nSPS) is 17.8. The van der Waals surface area contributed by atoms with Gasteiger partial charge in [0.2, 0.25) is 0 Å². The Labute approximate surface area is 67.8 Å². The number of hydrogen-bond donors (Lipinski definition) is 2. The van der Waals surface area contributed by atoms with E-state index in [4.69, 9.17) is 4.74 Å². The van der Waals surface area contributed by atoms with Crippen molar-refractivity contribution in [3.05, 3.63) is 0 Å². The molecule has 1 aromatic heterocycles. The fourth-order valence-electron chi connectivity index (χ4n) is 1.06. The number of ether oxygens (including phenoxy) is 1. The van der Waals surface area contributed by atoms with Crippen LogP contribution >= 0.6 is 0 Å². The summed E-state index contributed by atoms with van der Waals surface area (Å²) in [7, 11) is 0. The molecule has 2 N–H and O–H groups in total. The van der Waals surface area contributed by atoms with Crippen LogP contribution in [0.15, 0.2) is 9.26 Å². The van der Waals surface area contributed by atoms with Crippen LogP contribution < -0.4 is 4.90 Å². The summed E-state index contributed by atoms with van der Waals surface area (Å²) in [5.74, 6) is 0.567. The standard InChI is InChI=1S/C5H10N4O3/c1-3-10-4-2-9(1)5-6-11-8-12-7-5/h8H,1-4H2,(H,6,7). The molecule has 12 heavy (non-hydrogen) atoms. The van der Waals surface area contributed by atoms with E-state index in [1.54, 1.807) is 0 Å². The minimum Gasteiger partial charge on any atom is -0.378 e. The molecular weight excluding hydrogens is 164 g/mol. The molecular formula is C5H10N4O3. The molecule has 0 aliphatic carbocycles.